The van der Waals surface area contributed by atoms with E-state index in [1.54, 1.807) is 0 Å². The van der Waals surface area contributed by atoms with E-state index in [1.165, 1.54) is 0 Å². The minimum absolute atomic E-state index is 0.0727. The average Bonchev–Trinajstić information content (AvgIpc) is 3.11. The normalized spacial score (nSPS) is 14.7. The van der Waals surface area contributed by atoms with Gasteiger partial charge in [0.2, 0.25) is 17.7 Å². The van der Waals surface area contributed by atoms with Crippen LogP contribution in [0.15, 0.2) is 84.9 Å². The molecule has 0 aromatic heterocycles. The summed E-state index contributed by atoms with van der Waals surface area (Å²) in [6, 6.07) is 26.8. The maximum atomic E-state index is 14.1. The molecule has 4 aromatic rings. The highest BCUT2D eigenvalue weighted by atomic mass is 16.3. The molecule has 0 spiro atoms. The van der Waals surface area contributed by atoms with Crippen molar-refractivity contribution in [2.24, 2.45) is 17.8 Å². The second kappa shape index (κ2) is 18.8. The van der Waals surface area contributed by atoms with Crippen molar-refractivity contribution in [3.05, 3.63) is 96.1 Å². The molecule has 51 heavy (non-hydrogen) atoms. The monoisotopic (exact) mass is 695 g/mol. The maximum absolute atomic E-state index is 14.1. The molecule has 8 nitrogen and oxygen atoms in total. The van der Waals surface area contributed by atoms with Crippen LogP contribution in [-0.2, 0) is 14.4 Å². The van der Waals surface area contributed by atoms with Crippen LogP contribution in [0.3, 0.4) is 0 Å². The number of rotatable bonds is 18. The van der Waals surface area contributed by atoms with Crippen molar-refractivity contribution in [3.63, 3.8) is 0 Å². The molecule has 0 radical (unpaired) electrons. The van der Waals surface area contributed by atoms with E-state index in [4.69, 9.17) is 0 Å². The molecule has 5 atom stereocenters. The van der Waals surface area contributed by atoms with Gasteiger partial charge in [-0.1, -0.05) is 133 Å². The van der Waals surface area contributed by atoms with Gasteiger partial charge >= 0.3 is 0 Å². The van der Waals surface area contributed by atoms with Gasteiger partial charge < -0.3 is 26.2 Å². The number of amides is 3. The Bertz CT molecular complexity index is 1660. The van der Waals surface area contributed by atoms with Crippen molar-refractivity contribution in [2.75, 3.05) is 6.61 Å². The molecule has 4 aromatic carbocycles. The number of aliphatic hydroxyl groups excluding tert-OH is 2. The second-order valence-corrected chi connectivity index (χ2v) is 14.9. The number of nitrogens with one attached hydrogen (secondary N) is 3. The molecular weight excluding hydrogens is 638 g/mol. The van der Waals surface area contributed by atoms with Gasteiger partial charge in [0, 0.05) is 12.3 Å². The van der Waals surface area contributed by atoms with Gasteiger partial charge in [0.05, 0.1) is 31.2 Å². The van der Waals surface area contributed by atoms with Crippen LogP contribution in [0, 0.1) is 17.8 Å². The fourth-order valence-corrected chi connectivity index (χ4v) is 6.99. The van der Waals surface area contributed by atoms with Gasteiger partial charge in [-0.15, -0.1) is 0 Å². The summed E-state index contributed by atoms with van der Waals surface area (Å²) in [6.45, 7) is 11.7. The molecule has 0 aliphatic rings. The number of carbonyl (C=O) groups excluding carboxylic acids is 3. The Morgan fingerprint density at radius 1 is 0.627 bits per heavy atom. The van der Waals surface area contributed by atoms with Crippen LogP contribution in [0.5, 0.6) is 0 Å². The summed E-state index contributed by atoms with van der Waals surface area (Å²) >= 11 is 0. The Morgan fingerprint density at radius 3 is 1.65 bits per heavy atom. The van der Waals surface area contributed by atoms with Crippen LogP contribution >= 0.6 is 0 Å². The lowest BCUT2D eigenvalue weighted by Crippen LogP contribution is -2.54. The van der Waals surface area contributed by atoms with Crippen LogP contribution in [0.25, 0.3) is 21.5 Å². The molecule has 8 heteroatoms. The summed E-state index contributed by atoms with van der Waals surface area (Å²) in [7, 11) is 0. The molecule has 0 aliphatic carbocycles. The molecule has 0 fully saturated rings. The standard InChI is InChI=1S/C43H57N3O5/c1-7-29(6)39(26-47)45-42(50)25-40(48)37(22-27(2)3)46-43(51)38(23-28(4)5)44-41(49)24-36(34-20-12-16-30-14-8-10-18-32(30)34)35-21-13-17-31-15-9-11-19-33(31)35/h8-21,27-29,36-40,47-48H,7,22-26H2,1-6H3,(H,44,49)(H,45,50)(H,46,51). The smallest absolute Gasteiger partial charge is 0.242 e. The third-order valence-electron chi connectivity index (χ3n) is 9.93. The van der Waals surface area contributed by atoms with Crippen LogP contribution in [0.4, 0.5) is 0 Å². The lowest BCUT2D eigenvalue weighted by Gasteiger charge is -2.29. The summed E-state index contributed by atoms with van der Waals surface area (Å²) in [4.78, 5) is 41.0. The Kier molecular flexibility index (Phi) is 14.6. The van der Waals surface area contributed by atoms with Crippen molar-refractivity contribution in [3.8, 4) is 0 Å². The number of benzene rings is 4. The molecule has 5 unspecified atom stereocenters. The van der Waals surface area contributed by atoms with Gasteiger partial charge in [-0.3, -0.25) is 14.4 Å². The predicted molar refractivity (Wildman–Crippen MR) is 206 cm³/mol. The molecule has 274 valence electrons. The molecule has 0 saturated heterocycles. The molecule has 0 heterocycles. The van der Waals surface area contributed by atoms with Gasteiger partial charge in [0.15, 0.2) is 0 Å². The zero-order valence-electron chi connectivity index (χ0n) is 31.1. The summed E-state index contributed by atoms with van der Waals surface area (Å²) < 4.78 is 0. The fraction of sp³-hybridized carbons (Fsp3) is 0.465. The number of hydrogen-bond donors (Lipinski definition) is 5. The molecular formula is C43H57N3O5. The topological polar surface area (TPSA) is 128 Å². The van der Waals surface area contributed by atoms with Crippen LogP contribution in [-0.4, -0.2) is 58.8 Å². The Labute approximate surface area is 303 Å². The van der Waals surface area contributed by atoms with Crippen molar-refractivity contribution in [1.82, 2.24) is 16.0 Å². The number of fused-ring (bicyclic) bond motifs is 2. The second-order valence-electron chi connectivity index (χ2n) is 14.9. The quantitative estimate of drug-likeness (QED) is 0.0778. The lowest BCUT2D eigenvalue weighted by molar-refractivity contribution is -0.131. The first-order valence-corrected chi connectivity index (χ1v) is 18.5. The first-order valence-electron chi connectivity index (χ1n) is 18.5. The highest BCUT2D eigenvalue weighted by molar-refractivity contribution is 5.93. The largest absolute Gasteiger partial charge is 0.394 e. The minimum atomic E-state index is -1.15. The average molecular weight is 696 g/mol. The van der Waals surface area contributed by atoms with Gasteiger partial charge in [0.1, 0.15) is 6.04 Å². The first-order chi connectivity index (χ1) is 24.4. The predicted octanol–water partition coefficient (Wildman–Crippen LogP) is 6.85. The summed E-state index contributed by atoms with van der Waals surface area (Å²) in [5, 5.41) is 34.2. The van der Waals surface area contributed by atoms with E-state index < -0.39 is 24.2 Å². The molecule has 3 amide bonds. The summed E-state index contributed by atoms with van der Waals surface area (Å²) in [5.41, 5.74) is 2.08. The lowest BCUT2D eigenvalue weighted by atomic mass is 9.83. The molecule has 5 N–H and O–H groups in total. The van der Waals surface area contributed by atoms with Gasteiger partial charge in [0.25, 0.3) is 0 Å². The Hall–Kier alpha value is -4.27. The van der Waals surface area contributed by atoms with Crippen molar-refractivity contribution >= 4 is 39.3 Å². The van der Waals surface area contributed by atoms with Crippen LogP contribution < -0.4 is 16.0 Å². The van der Waals surface area contributed by atoms with E-state index >= 15 is 0 Å². The molecule has 4 rings (SSSR count). The van der Waals surface area contributed by atoms with E-state index in [-0.39, 0.29) is 60.8 Å². The summed E-state index contributed by atoms with van der Waals surface area (Å²) in [6.07, 6.45) is 0.400. The molecule has 0 bridgehead atoms. The van der Waals surface area contributed by atoms with Crippen molar-refractivity contribution in [2.45, 2.75) is 104 Å². The highest BCUT2D eigenvalue weighted by Gasteiger charge is 2.31. The minimum Gasteiger partial charge on any atom is -0.394 e. The third-order valence-corrected chi connectivity index (χ3v) is 9.93. The number of aliphatic hydroxyl groups is 2. The van der Waals surface area contributed by atoms with E-state index in [0.717, 1.165) is 39.1 Å². The van der Waals surface area contributed by atoms with E-state index in [0.29, 0.717) is 12.8 Å². The van der Waals surface area contributed by atoms with E-state index in [9.17, 15) is 24.6 Å². The zero-order chi connectivity index (χ0) is 37.1. The number of hydrogen-bond acceptors (Lipinski definition) is 5. The SMILES string of the molecule is CCC(C)C(CO)NC(=O)CC(O)C(CC(C)C)NC(=O)C(CC(C)C)NC(=O)CC(c1cccc2ccccc12)c1cccc2ccccc12. The van der Waals surface area contributed by atoms with Crippen molar-refractivity contribution in [1.29, 1.82) is 0 Å². The third kappa shape index (κ3) is 10.9. The van der Waals surface area contributed by atoms with Gasteiger partial charge in [-0.25, -0.2) is 0 Å². The highest BCUT2D eigenvalue weighted by Crippen LogP contribution is 2.37. The first kappa shape index (κ1) is 39.5. The maximum Gasteiger partial charge on any atom is 0.242 e. The van der Waals surface area contributed by atoms with E-state index in [1.807, 2.05) is 77.9 Å². The van der Waals surface area contributed by atoms with Crippen molar-refractivity contribution < 1.29 is 24.6 Å². The van der Waals surface area contributed by atoms with E-state index in [2.05, 4.69) is 64.5 Å². The van der Waals surface area contributed by atoms with Crippen LogP contribution in [0.2, 0.25) is 0 Å². The van der Waals surface area contributed by atoms with Gasteiger partial charge in [-0.05, 0) is 63.3 Å². The Balaban J connectivity index is 1.58. The summed E-state index contributed by atoms with van der Waals surface area (Å²) in [5.74, 6) is -1.00. The fourth-order valence-electron chi connectivity index (χ4n) is 6.99. The number of carbonyl (C=O) groups is 3. The Morgan fingerprint density at radius 2 is 1.14 bits per heavy atom. The van der Waals surface area contributed by atoms with Gasteiger partial charge in [-0.2, -0.15) is 0 Å². The molecule has 0 saturated carbocycles. The molecule has 0 aliphatic heterocycles. The zero-order valence-corrected chi connectivity index (χ0v) is 31.1. The van der Waals surface area contributed by atoms with Crippen LogP contribution in [0.1, 0.15) is 90.7 Å².